The molecule has 0 saturated carbocycles. The molecule has 0 bridgehead atoms. The molecular formula is C9H12ClNO5S3. The number of thiophene rings is 1. The molecule has 108 valence electrons. The summed E-state index contributed by atoms with van der Waals surface area (Å²) in [6.07, 6.45) is 1.07. The average molecular weight is 346 g/mol. The standard InChI is InChI=1S/C9H12ClNO5S3/c1-18(13,14)5-4-11-8(12)6-7-2-3-9(17-7)19(10,15)16/h2-3H,4-6H2,1H3,(H,11,12). The van der Waals surface area contributed by atoms with Crippen LogP contribution >= 0.6 is 22.0 Å². The van der Waals surface area contributed by atoms with Gasteiger partial charge in [0.25, 0.3) is 9.05 Å². The van der Waals surface area contributed by atoms with Gasteiger partial charge >= 0.3 is 0 Å². The van der Waals surface area contributed by atoms with Crippen LogP contribution < -0.4 is 5.32 Å². The highest BCUT2D eigenvalue weighted by Gasteiger charge is 2.14. The maximum absolute atomic E-state index is 11.5. The highest BCUT2D eigenvalue weighted by atomic mass is 35.7. The summed E-state index contributed by atoms with van der Waals surface area (Å²) in [6, 6.07) is 2.82. The summed E-state index contributed by atoms with van der Waals surface area (Å²) in [5.41, 5.74) is 0. The zero-order chi connectivity index (χ0) is 14.7. The molecule has 0 radical (unpaired) electrons. The van der Waals surface area contributed by atoms with Crippen molar-refractivity contribution >= 4 is 46.8 Å². The van der Waals surface area contributed by atoms with Crippen molar-refractivity contribution in [1.82, 2.24) is 5.32 Å². The minimum Gasteiger partial charge on any atom is -0.355 e. The Labute approximate surface area is 120 Å². The van der Waals surface area contributed by atoms with Crippen molar-refractivity contribution in [3.05, 3.63) is 17.0 Å². The maximum Gasteiger partial charge on any atom is 0.270 e. The maximum atomic E-state index is 11.5. The summed E-state index contributed by atoms with van der Waals surface area (Å²) in [6.45, 7) is 0.0315. The second-order valence-electron chi connectivity index (χ2n) is 3.82. The Morgan fingerprint density at radius 3 is 2.42 bits per heavy atom. The summed E-state index contributed by atoms with van der Waals surface area (Å²) in [4.78, 5) is 12.0. The van der Waals surface area contributed by atoms with Crippen LogP contribution in [-0.2, 0) is 30.1 Å². The molecule has 0 saturated heterocycles. The van der Waals surface area contributed by atoms with E-state index < -0.39 is 18.9 Å². The molecule has 0 fully saturated rings. The van der Waals surface area contributed by atoms with Crippen LogP contribution in [-0.4, -0.2) is 41.3 Å². The molecule has 6 nitrogen and oxygen atoms in total. The van der Waals surface area contributed by atoms with Crippen molar-refractivity contribution in [2.24, 2.45) is 0 Å². The number of nitrogens with one attached hydrogen (secondary N) is 1. The molecule has 0 unspecified atom stereocenters. The Kier molecular flexibility index (Phi) is 5.36. The lowest BCUT2D eigenvalue weighted by Gasteiger charge is -2.02. The first-order valence-electron chi connectivity index (χ1n) is 5.06. The molecule has 0 aliphatic carbocycles. The molecule has 0 aliphatic rings. The number of rotatable bonds is 6. The van der Waals surface area contributed by atoms with Crippen molar-refractivity contribution in [1.29, 1.82) is 0 Å². The second kappa shape index (κ2) is 6.21. The molecule has 1 N–H and O–H groups in total. The first-order valence-corrected chi connectivity index (χ1v) is 10.2. The van der Waals surface area contributed by atoms with Gasteiger partial charge in [-0.2, -0.15) is 0 Å². The van der Waals surface area contributed by atoms with Crippen molar-refractivity contribution in [3.8, 4) is 0 Å². The van der Waals surface area contributed by atoms with E-state index in [1.165, 1.54) is 12.1 Å². The van der Waals surface area contributed by atoms with Gasteiger partial charge in [0, 0.05) is 28.4 Å². The summed E-state index contributed by atoms with van der Waals surface area (Å²) in [5, 5.41) is 2.44. The van der Waals surface area contributed by atoms with Gasteiger partial charge in [0.2, 0.25) is 5.91 Å². The predicted octanol–water partition coefficient (Wildman–Crippen LogP) is 0.379. The first-order chi connectivity index (χ1) is 8.58. The van der Waals surface area contributed by atoms with E-state index in [4.69, 9.17) is 10.7 Å². The molecule has 1 aromatic rings. The van der Waals surface area contributed by atoms with Crippen LogP contribution in [0.15, 0.2) is 16.3 Å². The Morgan fingerprint density at radius 1 is 1.32 bits per heavy atom. The molecule has 0 aliphatic heterocycles. The van der Waals surface area contributed by atoms with Gasteiger partial charge in [-0.15, -0.1) is 11.3 Å². The van der Waals surface area contributed by atoms with E-state index in [1.54, 1.807) is 0 Å². The zero-order valence-electron chi connectivity index (χ0n) is 9.92. The van der Waals surface area contributed by atoms with Gasteiger partial charge in [0.05, 0.1) is 12.2 Å². The predicted molar refractivity (Wildman–Crippen MR) is 73.8 cm³/mol. The molecule has 1 aromatic heterocycles. The van der Waals surface area contributed by atoms with Crippen LogP contribution in [0.3, 0.4) is 0 Å². The van der Waals surface area contributed by atoms with E-state index in [1.807, 2.05) is 0 Å². The van der Waals surface area contributed by atoms with Crippen molar-refractivity contribution < 1.29 is 21.6 Å². The fourth-order valence-corrected chi connectivity index (χ4v) is 3.78. The van der Waals surface area contributed by atoms with Crippen molar-refractivity contribution in [3.63, 3.8) is 0 Å². The molecule has 19 heavy (non-hydrogen) atoms. The molecule has 10 heteroatoms. The lowest BCUT2D eigenvalue weighted by molar-refractivity contribution is -0.120. The SMILES string of the molecule is CS(=O)(=O)CCNC(=O)Cc1ccc(S(=O)(=O)Cl)s1. The number of carbonyl (C=O) groups excluding carboxylic acids is 1. The van der Waals surface area contributed by atoms with Gasteiger partial charge in [0.1, 0.15) is 14.0 Å². The van der Waals surface area contributed by atoms with Gasteiger partial charge in [-0.25, -0.2) is 16.8 Å². The third-order valence-electron chi connectivity index (χ3n) is 2.01. The van der Waals surface area contributed by atoms with E-state index in [-0.39, 0.29) is 28.8 Å². The Hall–Kier alpha value is -0.640. The highest BCUT2D eigenvalue weighted by Crippen LogP contribution is 2.24. The fourth-order valence-electron chi connectivity index (χ4n) is 1.18. The van der Waals surface area contributed by atoms with E-state index in [9.17, 15) is 21.6 Å². The van der Waals surface area contributed by atoms with E-state index in [0.29, 0.717) is 4.88 Å². The molecule has 1 rings (SSSR count). The monoisotopic (exact) mass is 345 g/mol. The van der Waals surface area contributed by atoms with Crippen LogP contribution in [0, 0.1) is 0 Å². The van der Waals surface area contributed by atoms with Crippen LogP contribution in [0.1, 0.15) is 4.88 Å². The normalized spacial score (nSPS) is 12.3. The van der Waals surface area contributed by atoms with Crippen LogP contribution in [0.25, 0.3) is 0 Å². The second-order valence-corrected chi connectivity index (χ2v) is 10.0. The van der Waals surface area contributed by atoms with Gasteiger partial charge in [0.15, 0.2) is 0 Å². The third-order valence-corrected chi connectivity index (χ3v) is 6.13. The topological polar surface area (TPSA) is 97.4 Å². The van der Waals surface area contributed by atoms with E-state index >= 15 is 0 Å². The van der Waals surface area contributed by atoms with Gasteiger partial charge in [-0.1, -0.05) is 0 Å². The van der Waals surface area contributed by atoms with Gasteiger partial charge < -0.3 is 5.32 Å². The molecule has 1 heterocycles. The Balaban J connectivity index is 2.52. The molecule has 1 amide bonds. The van der Waals surface area contributed by atoms with E-state index in [0.717, 1.165) is 17.6 Å². The third kappa shape index (κ3) is 6.37. The zero-order valence-corrected chi connectivity index (χ0v) is 13.1. The Bertz CT molecular complexity index is 662. The van der Waals surface area contributed by atoms with Gasteiger partial charge in [-0.3, -0.25) is 4.79 Å². The smallest absolute Gasteiger partial charge is 0.270 e. The van der Waals surface area contributed by atoms with Crippen LogP contribution in [0.4, 0.5) is 0 Å². The summed E-state index contributed by atoms with van der Waals surface area (Å²) in [5.74, 6) is -0.506. The largest absolute Gasteiger partial charge is 0.355 e. The van der Waals surface area contributed by atoms with Gasteiger partial charge in [-0.05, 0) is 12.1 Å². The number of carbonyl (C=O) groups is 1. The number of amides is 1. The van der Waals surface area contributed by atoms with Crippen molar-refractivity contribution in [2.45, 2.75) is 10.6 Å². The van der Waals surface area contributed by atoms with Crippen molar-refractivity contribution in [2.75, 3.05) is 18.6 Å². The lowest BCUT2D eigenvalue weighted by Crippen LogP contribution is -2.29. The Morgan fingerprint density at radius 2 is 1.95 bits per heavy atom. The molecular weight excluding hydrogens is 334 g/mol. The summed E-state index contributed by atoms with van der Waals surface area (Å²) >= 11 is 0.908. The summed E-state index contributed by atoms with van der Waals surface area (Å²) in [7, 11) is -1.73. The first kappa shape index (κ1) is 16.4. The lowest BCUT2D eigenvalue weighted by atomic mass is 10.3. The van der Waals surface area contributed by atoms with Crippen LogP contribution in [0.2, 0.25) is 0 Å². The summed E-state index contributed by atoms with van der Waals surface area (Å²) < 4.78 is 43.7. The molecule has 0 spiro atoms. The molecule has 0 atom stereocenters. The minimum atomic E-state index is -3.77. The highest BCUT2D eigenvalue weighted by molar-refractivity contribution is 8.15. The average Bonchev–Trinajstić information content (AvgIpc) is 2.63. The number of hydrogen-bond acceptors (Lipinski definition) is 6. The fraction of sp³-hybridized carbons (Fsp3) is 0.444. The van der Waals surface area contributed by atoms with E-state index in [2.05, 4.69) is 5.32 Å². The number of hydrogen-bond donors (Lipinski definition) is 1. The minimum absolute atomic E-state index is 0.0131. The van der Waals surface area contributed by atoms with Crippen LogP contribution in [0.5, 0.6) is 0 Å². The number of sulfone groups is 1. The molecule has 0 aromatic carbocycles. The quantitative estimate of drug-likeness (QED) is 0.752. The number of halogens is 1.